The minimum Gasteiger partial charge on any atom is -0.493 e. The Bertz CT molecular complexity index is 2200. The molecule has 0 saturated heterocycles. The molecule has 1 aliphatic heterocycles. The van der Waals surface area contributed by atoms with E-state index in [9.17, 15) is 9.90 Å². The minimum absolute atomic E-state index is 0.260. The van der Waals surface area contributed by atoms with Gasteiger partial charge >= 0.3 is 5.97 Å². The number of carboxylic acids is 1. The number of fused-ring (bicyclic) bond motifs is 8. The van der Waals surface area contributed by atoms with E-state index in [1.165, 1.54) is 0 Å². The maximum atomic E-state index is 12.8. The fourth-order valence-corrected chi connectivity index (χ4v) is 9.05. The van der Waals surface area contributed by atoms with Crippen LogP contribution >= 0.6 is 35.1 Å². The molecule has 0 fully saturated rings. The van der Waals surface area contributed by atoms with Crippen molar-refractivity contribution in [2.45, 2.75) is 55.5 Å². The molecule has 9 nitrogen and oxygen atoms in total. The second-order valence-corrected chi connectivity index (χ2v) is 14.7. The molecule has 0 radical (unpaired) electrons. The van der Waals surface area contributed by atoms with E-state index in [-0.39, 0.29) is 5.69 Å². The first kappa shape index (κ1) is 33.6. The van der Waals surface area contributed by atoms with Crippen LogP contribution < -0.4 is 4.74 Å². The zero-order chi connectivity index (χ0) is 34.2. The lowest BCUT2D eigenvalue weighted by Gasteiger charge is -2.14. The van der Waals surface area contributed by atoms with Crippen LogP contribution in [0.15, 0.2) is 59.5 Å². The number of nitrogens with zero attached hydrogens (tertiary/aromatic N) is 5. The zero-order valence-corrected chi connectivity index (χ0v) is 30.3. The number of carboxylic acid groups (broad SMARTS) is 1. The Hall–Kier alpha value is -3.90. The third-order valence-electron chi connectivity index (χ3n) is 9.10. The largest absolute Gasteiger partial charge is 0.493 e. The summed E-state index contributed by atoms with van der Waals surface area (Å²) >= 11 is 10.6. The van der Waals surface area contributed by atoms with Crippen molar-refractivity contribution in [3.05, 3.63) is 93.7 Å². The monoisotopic (exact) mass is 715 g/mol. The summed E-state index contributed by atoms with van der Waals surface area (Å²) in [6, 6.07) is 18.6. The van der Waals surface area contributed by atoms with Gasteiger partial charge in [0.15, 0.2) is 0 Å². The third kappa shape index (κ3) is 6.45. The predicted molar refractivity (Wildman–Crippen MR) is 198 cm³/mol. The van der Waals surface area contributed by atoms with Crippen molar-refractivity contribution < 1.29 is 19.4 Å². The van der Waals surface area contributed by atoms with Gasteiger partial charge in [-0.1, -0.05) is 35.9 Å². The van der Waals surface area contributed by atoms with E-state index in [1.54, 1.807) is 30.6 Å². The van der Waals surface area contributed by atoms with Gasteiger partial charge in [0.2, 0.25) is 0 Å². The molecule has 49 heavy (non-hydrogen) atoms. The summed E-state index contributed by atoms with van der Waals surface area (Å²) in [6.45, 7) is 5.86. The number of hydrogen-bond acceptors (Lipinski definition) is 7. The van der Waals surface area contributed by atoms with Crippen LogP contribution in [-0.2, 0) is 42.1 Å². The Morgan fingerprint density at radius 2 is 1.90 bits per heavy atom. The summed E-state index contributed by atoms with van der Waals surface area (Å²) < 4.78 is 17.8. The van der Waals surface area contributed by atoms with Crippen LogP contribution in [-0.4, -0.2) is 55.5 Å². The van der Waals surface area contributed by atoms with E-state index in [0.29, 0.717) is 49.1 Å². The number of halogens is 1. The van der Waals surface area contributed by atoms with Crippen LogP contribution in [0, 0.1) is 13.8 Å². The number of hydrogen-bond donors (Lipinski definition) is 1. The topological polar surface area (TPSA) is 96.3 Å². The molecule has 0 aliphatic carbocycles. The summed E-state index contributed by atoms with van der Waals surface area (Å²) in [5.74, 6) is 2.00. The molecule has 0 atom stereocenters. The maximum absolute atomic E-state index is 12.8. The van der Waals surface area contributed by atoms with Crippen molar-refractivity contribution in [1.29, 1.82) is 0 Å². The molecule has 4 heterocycles. The van der Waals surface area contributed by atoms with Gasteiger partial charge in [-0.2, -0.15) is 10.2 Å². The van der Waals surface area contributed by atoms with Crippen LogP contribution in [0.2, 0.25) is 5.02 Å². The van der Waals surface area contributed by atoms with Gasteiger partial charge in [0.25, 0.3) is 0 Å². The number of thioether (sulfide) groups is 2. The molecule has 3 aromatic carbocycles. The van der Waals surface area contributed by atoms with Crippen molar-refractivity contribution in [2.75, 3.05) is 20.3 Å². The molecule has 8 bridgehead atoms. The lowest BCUT2D eigenvalue weighted by Crippen LogP contribution is -2.12. The quantitative estimate of drug-likeness (QED) is 0.194. The Morgan fingerprint density at radius 1 is 1.06 bits per heavy atom. The van der Waals surface area contributed by atoms with Crippen LogP contribution in [0.25, 0.3) is 32.8 Å². The molecule has 0 amide bonds. The molecular weight excluding hydrogens is 678 g/mol. The normalized spacial score (nSPS) is 14.1. The summed E-state index contributed by atoms with van der Waals surface area (Å²) in [7, 11) is 3.69. The SMILES string of the molecule is COCCn1nc(C)c2c1CSCc1cc(n(C)n1)CSc1cc(c3ccccc3c1)OCCCn1c(C(=O)O)c(C)c3c-2c(Cl)ccc31. The Balaban J connectivity index is 1.37. The minimum atomic E-state index is -0.972. The second kappa shape index (κ2) is 14.1. The van der Waals surface area contributed by atoms with Gasteiger partial charge in [-0.15, -0.1) is 23.5 Å². The smallest absolute Gasteiger partial charge is 0.352 e. The molecule has 12 heteroatoms. The van der Waals surface area contributed by atoms with Gasteiger partial charge in [0, 0.05) is 81.0 Å². The maximum Gasteiger partial charge on any atom is 0.352 e. The van der Waals surface area contributed by atoms with E-state index >= 15 is 0 Å². The average molecular weight is 716 g/mol. The summed E-state index contributed by atoms with van der Waals surface area (Å²) in [6.07, 6.45) is 0.612. The van der Waals surface area contributed by atoms with Gasteiger partial charge in [0.1, 0.15) is 11.4 Å². The number of benzene rings is 3. The molecule has 0 saturated carbocycles. The van der Waals surface area contributed by atoms with Gasteiger partial charge in [-0.05, 0) is 61.5 Å². The lowest BCUT2D eigenvalue weighted by molar-refractivity contribution is 0.0684. The van der Waals surface area contributed by atoms with E-state index in [0.717, 1.165) is 77.7 Å². The number of methoxy groups -OCH3 is 1. The first-order valence-electron chi connectivity index (χ1n) is 16.2. The van der Waals surface area contributed by atoms with Crippen LogP contribution in [0.3, 0.4) is 0 Å². The van der Waals surface area contributed by atoms with Crippen molar-refractivity contribution in [2.24, 2.45) is 7.05 Å². The van der Waals surface area contributed by atoms with Gasteiger partial charge in [-0.25, -0.2) is 4.79 Å². The van der Waals surface area contributed by atoms with Gasteiger partial charge in [0.05, 0.1) is 36.8 Å². The molecule has 3 aromatic heterocycles. The van der Waals surface area contributed by atoms with Crippen LogP contribution in [0.4, 0.5) is 0 Å². The van der Waals surface area contributed by atoms with Crippen molar-refractivity contribution >= 4 is 62.8 Å². The number of carbonyl (C=O) groups is 1. The zero-order valence-electron chi connectivity index (χ0n) is 28.0. The highest BCUT2D eigenvalue weighted by atomic mass is 35.5. The second-order valence-electron chi connectivity index (χ2n) is 12.2. The molecule has 0 spiro atoms. The van der Waals surface area contributed by atoms with E-state index in [2.05, 4.69) is 30.3 Å². The highest BCUT2D eigenvalue weighted by molar-refractivity contribution is 7.98. The van der Waals surface area contributed by atoms with E-state index < -0.39 is 5.97 Å². The van der Waals surface area contributed by atoms with Gasteiger partial charge < -0.3 is 19.1 Å². The fourth-order valence-electron chi connectivity index (χ4n) is 6.87. The van der Waals surface area contributed by atoms with Crippen molar-refractivity contribution in [1.82, 2.24) is 24.1 Å². The van der Waals surface area contributed by atoms with Crippen LogP contribution in [0.5, 0.6) is 5.75 Å². The highest BCUT2D eigenvalue weighted by Gasteiger charge is 2.27. The lowest BCUT2D eigenvalue weighted by atomic mass is 9.97. The Labute approximate surface area is 298 Å². The molecular formula is C37H38ClN5O4S2. The molecule has 1 aliphatic rings. The number of aryl methyl sites for hydroxylation is 4. The van der Waals surface area contributed by atoms with Crippen molar-refractivity contribution in [3.8, 4) is 16.9 Å². The van der Waals surface area contributed by atoms with Gasteiger partial charge in [-0.3, -0.25) is 9.36 Å². The van der Waals surface area contributed by atoms with E-state index in [4.69, 9.17) is 31.3 Å². The predicted octanol–water partition coefficient (Wildman–Crippen LogP) is 8.51. The number of aromatic carboxylic acids is 1. The molecule has 7 rings (SSSR count). The highest BCUT2D eigenvalue weighted by Crippen LogP contribution is 2.43. The first-order chi connectivity index (χ1) is 23.7. The standard InChI is InChI=1S/C37H38ClN5O4S2/c1-22-33-30-11-10-29(38)35(33)34-23(2)39-43(13-15-46-4)31(34)21-48-19-25-17-26(41(3)40-25)20-49-27-16-24-8-5-6-9-28(24)32(18-27)47-14-7-12-42(30)36(22)37(44)45/h5-6,8-11,16-18H,7,12-15,19-21H2,1-4H3,(H,44,45). The third-order valence-corrected chi connectivity index (χ3v) is 11.4. The summed E-state index contributed by atoms with van der Waals surface area (Å²) in [4.78, 5) is 13.9. The molecule has 0 unspecified atom stereocenters. The molecule has 6 aromatic rings. The number of aromatic nitrogens is 5. The average Bonchev–Trinajstić information content (AvgIpc) is 3.70. The Morgan fingerprint density at radius 3 is 2.71 bits per heavy atom. The fraction of sp³-hybridized carbons (Fsp3) is 0.324. The van der Waals surface area contributed by atoms with E-state index in [1.807, 2.05) is 59.1 Å². The summed E-state index contributed by atoms with van der Waals surface area (Å²) in [5, 5.41) is 23.9. The Kier molecular flexibility index (Phi) is 9.70. The number of rotatable bonds is 4. The molecule has 1 N–H and O–H groups in total. The van der Waals surface area contributed by atoms with Crippen molar-refractivity contribution in [3.63, 3.8) is 0 Å². The number of ether oxygens (including phenoxy) is 2. The molecule has 254 valence electrons. The van der Waals surface area contributed by atoms with Crippen LogP contribution in [0.1, 0.15) is 45.2 Å². The summed E-state index contributed by atoms with van der Waals surface area (Å²) in [5.41, 5.74) is 7.55. The first-order valence-corrected chi connectivity index (χ1v) is 18.7.